The fraction of sp³-hybridized carbons (Fsp3) is 0.273. The van der Waals surface area contributed by atoms with Crippen LogP contribution in [0.4, 0.5) is 24.5 Å². The number of alkyl halides is 3. The number of rotatable bonds is 3. The summed E-state index contributed by atoms with van der Waals surface area (Å²) in [4.78, 5) is 31.7. The van der Waals surface area contributed by atoms with Crippen molar-refractivity contribution in [2.45, 2.75) is 33.0 Å². The van der Waals surface area contributed by atoms with Gasteiger partial charge in [-0.05, 0) is 50.1 Å². The summed E-state index contributed by atoms with van der Waals surface area (Å²) in [5.41, 5.74) is 1.53. The second kappa shape index (κ2) is 9.30. The molecule has 1 atom stereocenters. The molecular formula is C22H21ClF3N5O2S. The Morgan fingerprint density at radius 3 is 2.56 bits per heavy atom. The molecule has 0 spiro atoms. The minimum absolute atomic E-state index is 0. The topological polar surface area (TPSA) is 80.1 Å². The van der Waals surface area contributed by atoms with Crippen molar-refractivity contribution in [3.05, 3.63) is 69.8 Å². The zero-order valence-corrected chi connectivity index (χ0v) is 20.1. The van der Waals surface area contributed by atoms with Crippen LogP contribution in [-0.2, 0) is 6.18 Å². The normalized spacial score (nSPS) is 15.6. The first-order valence-corrected chi connectivity index (χ1v) is 10.4. The third-order valence-electron chi connectivity index (χ3n) is 5.64. The van der Waals surface area contributed by atoms with E-state index in [4.69, 9.17) is 11.6 Å². The third-order valence-corrected chi connectivity index (χ3v) is 5.95. The summed E-state index contributed by atoms with van der Waals surface area (Å²) in [6, 6.07) is 2.79. The third kappa shape index (κ3) is 4.49. The van der Waals surface area contributed by atoms with Crippen LogP contribution < -0.4 is 10.2 Å². The summed E-state index contributed by atoms with van der Waals surface area (Å²) in [5, 5.41) is 6.44. The van der Waals surface area contributed by atoms with E-state index >= 15 is 0 Å². The van der Waals surface area contributed by atoms with Gasteiger partial charge in [-0.2, -0.15) is 31.8 Å². The zero-order chi connectivity index (χ0) is 24.1. The Morgan fingerprint density at radius 2 is 1.91 bits per heavy atom. The summed E-state index contributed by atoms with van der Waals surface area (Å²) < 4.78 is 40.6. The Hall–Kier alpha value is -3.05. The molecule has 7 nitrogen and oxygen atoms in total. The highest BCUT2D eigenvalue weighted by atomic mass is 35.5. The van der Waals surface area contributed by atoms with Crippen molar-refractivity contribution in [2.75, 3.05) is 16.8 Å². The molecule has 0 radical (unpaired) electrons. The van der Waals surface area contributed by atoms with E-state index in [0.29, 0.717) is 5.69 Å². The predicted octanol–water partition coefficient (Wildman–Crippen LogP) is 5.15. The van der Waals surface area contributed by atoms with Crippen LogP contribution in [0, 0.1) is 13.8 Å². The number of nitrogens with one attached hydrogen (secondary N) is 1. The molecule has 0 bridgehead atoms. The number of carbonyl (C=O) groups excluding carboxylic acids is 2. The molecule has 0 fully saturated rings. The summed E-state index contributed by atoms with van der Waals surface area (Å²) in [6.45, 7) is 5.64. The van der Waals surface area contributed by atoms with E-state index in [0.717, 1.165) is 23.3 Å². The maximum atomic E-state index is 13.3. The fourth-order valence-electron chi connectivity index (χ4n) is 3.70. The number of nitrogens with zero attached hydrogens (tertiary/aromatic N) is 4. The van der Waals surface area contributed by atoms with Gasteiger partial charge in [0.2, 0.25) is 0 Å². The lowest BCUT2D eigenvalue weighted by Crippen LogP contribution is -2.43. The van der Waals surface area contributed by atoms with Gasteiger partial charge < -0.3 is 10.2 Å². The number of hydrogen-bond donors (Lipinski definition) is 1. The second-order valence-corrected chi connectivity index (χ2v) is 8.27. The van der Waals surface area contributed by atoms with E-state index in [1.807, 2.05) is 13.8 Å². The SMILES string of the molecule is Cc1cncc(NC(=O)c2cnn3c2C(=O)N(c2ccc(C(F)(F)F)c(Cl)c2)C[C@@H]3C)c1C.S. The highest BCUT2D eigenvalue weighted by molar-refractivity contribution is 7.59. The molecule has 4 rings (SSSR count). The van der Waals surface area contributed by atoms with Gasteiger partial charge in [0.15, 0.2) is 0 Å². The quantitative estimate of drug-likeness (QED) is 0.527. The monoisotopic (exact) mass is 511 g/mol. The van der Waals surface area contributed by atoms with Crippen LogP contribution in [0.1, 0.15) is 50.5 Å². The number of amides is 2. The summed E-state index contributed by atoms with van der Waals surface area (Å²) >= 11 is 5.85. The molecule has 0 saturated heterocycles. The molecule has 34 heavy (non-hydrogen) atoms. The number of anilines is 2. The van der Waals surface area contributed by atoms with E-state index in [2.05, 4.69) is 15.4 Å². The molecule has 0 aliphatic carbocycles. The second-order valence-electron chi connectivity index (χ2n) is 7.86. The van der Waals surface area contributed by atoms with Crippen LogP contribution in [-0.4, -0.2) is 33.1 Å². The van der Waals surface area contributed by atoms with E-state index < -0.39 is 28.6 Å². The Morgan fingerprint density at radius 1 is 1.21 bits per heavy atom. The molecule has 180 valence electrons. The van der Waals surface area contributed by atoms with Gasteiger partial charge in [-0.3, -0.25) is 19.3 Å². The van der Waals surface area contributed by atoms with Gasteiger partial charge in [-0.15, -0.1) is 0 Å². The Bertz CT molecular complexity index is 1280. The first-order valence-electron chi connectivity index (χ1n) is 9.97. The van der Waals surface area contributed by atoms with Gasteiger partial charge in [0.1, 0.15) is 5.69 Å². The molecule has 12 heteroatoms. The van der Waals surface area contributed by atoms with Gasteiger partial charge in [0.05, 0.1) is 40.3 Å². The standard InChI is InChI=1S/C22H19ClF3N5O2.H2S/c1-11-7-27-9-18(13(11)3)29-20(32)15-8-28-31-12(2)10-30(21(33)19(15)31)14-4-5-16(17(23)6-14)22(24,25)26;/h4-9,12H,10H2,1-3H3,(H,29,32);1H2/t12-;/m0./s1. The number of carbonyl (C=O) groups is 2. The van der Waals surface area contributed by atoms with Gasteiger partial charge in [0, 0.05) is 18.4 Å². The van der Waals surface area contributed by atoms with E-state index in [1.165, 1.54) is 28.0 Å². The lowest BCUT2D eigenvalue weighted by Gasteiger charge is -2.32. The fourth-order valence-corrected chi connectivity index (χ4v) is 3.98. The van der Waals surface area contributed by atoms with Gasteiger partial charge in [0.25, 0.3) is 11.8 Å². The zero-order valence-electron chi connectivity index (χ0n) is 18.4. The van der Waals surface area contributed by atoms with Gasteiger partial charge >= 0.3 is 6.18 Å². The maximum Gasteiger partial charge on any atom is 0.417 e. The molecule has 0 unspecified atom stereocenters. The van der Waals surface area contributed by atoms with Crippen molar-refractivity contribution in [1.29, 1.82) is 0 Å². The van der Waals surface area contributed by atoms with Crippen LogP contribution in [0.2, 0.25) is 5.02 Å². The Balaban J connectivity index is 0.00000324. The summed E-state index contributed by atoms with van der Waals surface area (Å²) in [7, 11) is 0. The predicted molar refractivity (Wildman–Crippen MR) is 127 cm³/mol. The molecule has 1 aliphatic heterocycles. The number of benzene rings is 1. The highest BCUT2D eigenvalue weighted by Crippen LogP contribution is 2.38. The Labute approximate surface area is 205 Å². The van der Waals surface area contributed by atoms with Crippen LogP contribution >= 0.6 is 25.1 Å². The van der Waals surface area contributed by atoms with Gasteiger partial charge in [-0.1, -0.05) is 11.6 Å². The maximum absolute atomic E-state index is 13.3. The number of hydrogen-bond acceptors (Lipinski definition) is 4. The molecule has 0 saturated carbocycles. The number of aryl methyl sites for hydroxylation is 1. The minimum Gasteiger partial charge on any atom is -0.320 e. The van der Waals surface area contributed by atoms with Gasteiger partial charge in [-0.25, -0.2) is 0 Å². The molecule has 2 amide bonds. The summed E-state index contributed by atoms with van der Waals surface area (Å²) in [6.07, 6.45) is -0.121. The van der Waals surface area contributed by atoms with Crippen molar-refractivity contribution in [2.24, 2.45) is 0 Å². The molecule has 2 aromatic heterocycles. The van der Waals surface area contributed by atoms with Crippen LogP contribution in [0.5, 0.6) is 0 Å². The van der Waals surface area contributed by atoms with E-state index in [1.54, 1.807) is 13.1 Å². The van der Waals surface area contributed by atoms with Crippen LogP contribution in [0.3, 0.4) is 0 Å². The average Bonchev–Trinajstić information content (AvgIpc) is 3.19. The average molecular weight is 512 g/mol. The molecule has 1 aromatic carbocycles. The largest absolute Gasteiger partial charge is 0.417 e. The van der Waals surface area contributed by atoms with Crippen molar-refractivity contribution < 1.29 is 22.8 Å². The first kappa shape index (κ1) is 25.6. The number of halogens is 4. The van der Waals surface area contributed by atoms with Crippen molar-refractivity contribution in [3.63, 3.8) is 0 Å². The minimum atomic E-state index is -4.61. The van der Waals surface area contributed by atoms with E-state index in [-0.39, 0.29) is 43.0 Å². The van der Waals surface area contributed by atoms with Crippen molar-refractivity contribution in [1.82, 2.24) is 14.8 Å². The number of aromatic nitrogens is 3. The lowest BCUT2D eigenvalue weighted by molar-refractivity contribution is -0.137. The smallest absolute Gasteiger partial charge is 0.320 e. The lowest BCUT2D eigenvalue weighted by atomic mass is 10.1. The number of pyridine rings is 1. The molecule has 1 N–H and O–H groups in total. The van der Waals surface area contributed by atoms with Crippen molar-refractivity contribution in [3.8, 4) is 0 Å². The van der Waals surface area contributed by atoms with E-state index in [9.17, 15) is 22.8 Å². The molecular weight excluding hydrogens is 491 g/mol. The molecule has 1 aliphatic rings. The van der Waals surface area contributed by atoms with Crippen LogP contribution in [0.15, 0.2) is 36.8 Å². The van der Waals surface area contributed by atoms with Crippen molar-refractivity contribution >= 4 is 48.3 Å². The van der Waals surface area contributed by atoms with Crippen LogP contribution in [0.25, 0.3) is 0 Å². The highest BCUT2D eigenvalue weighted by Gasteiger charge is 2.37. The first-order chi connectivity index (χ1) is 15.5. The summed E-state index contributed by atoms with van der Waals surface area (Å²) in [5.74, 6) is -1.11. The molecule has 3 heterocycles. The molecule has 3 aromatic rings. The Kier molecular flexibility index (Phi) is 6.99. The number of fused-ring (bicyclic) bond motifs is 1.